The summed E-state index contributed by atoms with van der Waals surface area (Å²) in [5.41, 5.74) is 0. The maximum atomic E-state index is 10.8. The Morgan fingerprint density at radius 2 is 1.92 bits per heavy atom. The first-order chi connectivity index (χ1) is 5.43. The Morgan fingerprint density at radius 1 is 1.42 bits per heavy atom. The van der Waals surface area contributed by atoms with Crippen LogP contribution in [0.25, 0.3) is 0 Å². The van der Waals surface area contributed by atoms with Gasteiger partial charge in [0.05, 0.1) is 12.5 Å². The van der Waals surface area contributed by atoms with E-state index in [4.69, 9.17) is 10.2 Å². The average molecular weight is 176 g/mol. The normalized spacial score (nSPS) is 12.7. The molecule has 0 bridgehead atoms. The molecule has 0 aromatic rings. The van der Waals surface area contributed by atoms with Crippen molar-refractivity contribution in [2.45, 2.75) is 32.5 Å². The number of carboxylic acids is 1. The van der Waals surface area contributed by atoms with Gasteiger partial charge < -0.3 is 14.9 Å². The minimum atomic E-state index is -1.56. The van der Waals surface area contributed by atoms with Crippen LogP contribution in [0.2, 0.25) is 0 Å². The van der Waals surface area contributed by atoms with E-state index in [0.29, 0.717) is 0 Å². The van der Waals surface area contributed by atoms with Gasteiger partial charge in [-0.25, -0.2) is 4.79 Å². The molecule has 0 rings (SSSR count). The highest BCUT2D eigenvalue weighted by Gasteiger charge is 2.20. The zero-order valence-corrected chi connectivity index (χ0v) is 6.98. The molecule has 0 aliphatic rings. The highest BCUT2D eigenvalue weighted by molar-refractivity contribution is 5.80. The standard InChI is InChI=1S/C7H12O5/c1-4(2)12-7(11)5(8)3-6(9)10/h4-5,8H,3H2,1-2H3,(H,9,10)/t5-/m0/s1. The second-order valence-electron chi connectivity index (χ2n) is 2.60. The Morgan fingerprint density at radius 3 is 2.25 bits per heavy atom. The van der Waals surface area contributed by atoms with Crippen LogP contribution >= 0.6 is 0 Å². The van der Waals surface area contributed by atoms with Crippen molar-refractivity contribution in [2.24, 2.45) is 0 Å². The highest BCUT2D eigenvalue weighted by atomic mass is 16.6. The summed E-state index contributed by atoms with van der Waals surface area (Å²) in [5, 5.41) is 17.1. The van der Waals surface area contributed by atoms with Crippen molar-refractivity contribution in [3.63, 3.8) is 0 Å². The minimum Gasteiger partial charge on any atom is -0.481 e. The molecule has 0 aromatic heterocycles. The molecule has 0 spiro atoms. The third-order valence-electron chi connectivity index (χ3n) is 0.992. The number of carboxylic acid groups (broad SMARTS) is 1. The maximum Gasteiger partial charge on any atom is 0.335 e. The zero-order valence-electron chi connectivity index (χ0n) is 6.98. The molecular formula is C7H12O5. The lowest BCUT2D eigenvalue weighted by molar-refractivity contribution is -0.161. The molecular weight excluding hydrogens is 164 g/mol. The summed E-state index contributed by atoms with van der Waals surface area (Å²) in [4.78, 5) is 20.8. The number of hydrogen-bond donors (Lipinski definition) is 2. The topological polar surface area (TPSA) is 83.8 Å². The number of aliphatic carboxylic acids is 1. The molecule has 12 heavy (non-hydrogen) atoms. The maximum absolute atomic E-state index is 10.8. The smallest absolute Gasteiger partial charge is 0.335 e. The van der Waals surface area contributed by atoms with E-state index in [1.54, 1.807) is 13.8 Å². The van der Waals surface area contributed by atoms with E-state index < -0.39 is 24.5 Å². The van der Waals surface area contributed by atoms with Gasteiger partial charge in [0, 0.05) is 0 Å². The van der Waals surface area contributed by atoms with E-state index in [1.165, 1.54) is 0 Å². The molecule has 70 valence electrons. The Bertz CT molecular complexity index is 175. The lowest BCUT2D eigenvalue weighted by atomic mass is 10.2. The second kappa shape index (κ2) is 4.71. The number of hydrogen-bond acceptors (Lipinski definition) is 4. The van der Waals surface area contributed by atoms with Crippen molar-refractivity contribution in [1.82, 2.24) is 0 Å². The second-order valence-corrected chi connectivity index (χ2v) is 2.60. The van der Waals surface area contributed by atoms with Gasteiger partial charge in [0.2, 0.25) is 0 Å². The van der Waals surface area contributed by atoms with E-state index in [2.05, 4.69) is 4.74 Å². The fraction of sp³-hybridized carbons (Fsp3) is 0.714. The van der Waals surface area contributed by atoms with Gasteiger partial charge in [0.25, 0.3) is 0 Å². The molecule has 1 atom stereocenters. The molecule has 0 aliphatic heterocycles. The van der Waals surface area contributed by atoms with Crippen molar-refractivity contribution in [1.29, 1.82) is 0 Å². The SMILES string of the molecule is CC(C)OC(=O)[C@@H](O)CC(=O)O. The van der Waals surface area contributed by atoms with Gasteiger partial charge in [-0.1, -0.05) is 0 Å². The Hall–Kier alpha value is -1.10. The van der Waals surface area contributed by atoms with Crippen molar-refractivity contribution in [3.05, 3.63) is 0 Å². The van der Waals surface area contributed by atoms with Crippen molar-refractivity contribution in [2.75, 3.05) is 0 Å². The van der Waals surface area contributed by atoms with Crippen molar-refractivity contribution < 1.29 is 24.5 Å². The summed E-state index contributed by atoms with van der Waals surface area (Å²) in [7, 11) is 0. The van der Waals surface area contributed by atoms with E-state index in [0.717, 1.165) is 0 Å². The van der Waals surface area contributed by atoms with Gasteiger partial charge in [0.15, 0.2) is 6.10 Å². The average Bonchev–Trinajstić information content (AvgIpc) is 1.84. The first kappa shape index (κ1) is 10.9. The molecule has 0 fully saturated rings. The summed E-state index contributed by atoms with van der Waals surface area (Å²) in [6.07, 6.45) is -2.53. The largest absolute Gasteiger partial charge is 0.481 e. The molecule has 0 unspecified atom stereocenters. The van der Waals surface area contributed by atoms with Crippen LogP contribution in [-0.2, 0) is 14.3 Å². The molecule has 0 aromatic carbocycles. The third kappa shape index (κ3) is 4.68. The first-order valence-electron chi connectivity index (χ1n) is 3.54. The summed E-state index contributed by atoms with van der Waals surface area (Å²) in [6.45, 7) is 3.23. The Balaban J connectivity index is 3.85. The molecule has 0 aliphatic carbocycles. The quantitative estimate of drug-likeness (QED) is 0.578. The summed E-state index contributed by atoms with van der Waals surface area (Å²) < 4.78 is 4.56. The number of carbonyl (C=O) groups excluding carboxylic acids is 1. The summed E-state index contributed by atoms with van der Waals surface area (Å²) in [5.74, 6) is -2.13. The molecule has 5 heteroatoms. The summed E-state index contributed by atoms with van der Waals surface area (Å²) in [6, 6.07) is 0. The predicted molar refractivity (Wildman–Crippen MR) is 39.5 cm³/mol. The van der Waals surface area contributed by atoms with Crippen molar-refractivity contribution >= 4 is 11.9 Å². The van der Waals surface area contributed by atoms with Crippen molar-refractivity contribution in [3.8, 4) is 0 Å². The van der Waals surface area contributed by atoms with Crippen LogP contribution in [0.1, 0.15) is 20.3 Å². The van der Waals surface area contributed by atoms with E-state index in [1.807, 2.05) is 0 Å². The molecule has 0 saturated carbocycles. The van der Waals surface area contributed by atoms with Crippen LogP contribution in [0, 0.1) is 0 Å². The van der Waals surface area contributed by atoms with E-state index in [9.17, 15) is 9.59 Å². The zero-order chi connectivity index (χ0) is 9.72. The fourth-order valence-electron chi connectivity index (χ4n) is 0.560. The van der Waals surface area contributed by atoms with Gasteiger partial charge >= 0.3 is 11.9 Å². The molecule has 0 heterocycles. The van der Waals surface area contributed by atoms with Crippen LogP contribution in [0.3, 0.4) is 0 Å². The molecule has 0 saturated heterocycles. The molecule has 5 nitrogen and oxygen atoms in total. The number of aliphatic hydroxyl groups excluding tert-OH is 1. The summed E-state index contributed by atoms with van der Waals surface area (Å²) >= 11 is 0. The Kier molecular flexibility index (Phi) is 4.28. The number of carbonyl (C=O) groups is 2. The fourth-order valence-corrected chi connectivity index (χ4v) is 0.560. The van der Waals surface area contributed by atoms with E-state index in [-0.39, 0.29) is 6.10 Å². The lowest BCUT2D eigenvalue weighted by Crippen LogP contribution is -2.27. The van der Waals surface area contributed by atoms with Crippen LogP contribution in [0.4, 0.5) is 0 Å². The lowest BCUT2D eigenvalue weighted by Gasteiger charge is -2.10. The number of rotatable bonds is 4. The molecule has 0 radical (unpaired) electrons. The monoisotopic (exact) mass is 176 g/mol. The highest BCUT2D eigenvalue weighted by Crippen LogP contribution is 1.98. The van der Waals surface area contributed by atoms with Crippen LogP contribution in [-0.4, -0.2) is 34.4 Å². The van der Waals surface area contributed by atoms with Gasteiger partial charge in [-0.05, 0) is 13.8 Å². The van der Waals surface area contributed by atoms with Gasteiger partial charge in [-0.2, -0.15) is 0 Å². The first-order valence-corrected chi connectivity index (χ1v) is 3.54. The van der Waals surface area contributed by atoms with Gasteiger partial charge in [0.1, 0.15) is 0 Å². The number of aliphatic hydroxyl groups is 1. The molecule has 2 N–H and O–H groups in total. The minimum absolute atomic E-state index is 0.346. The molecule has 0 amide bonds. The number of esters is 1. The van der Waals surface area contributed by atoms with Crippen LogP contribution in [0.15, 0.2) is 0 Å². The van der Waals surface area contributed by atoms with E-state index >= 15 is 0 Å². The van der Waals surface area contributed by atoms with Crippen LogP contribution in [0.5, 0.6) is 0 Å². The van der Waals surface area contributed by atoms with Gasteiger partial charge in [-0.3, -0.25) is 4.79 Å². The Labute approximate surface area is 70.0 Å². The third-order valence-corrected chi connectivity index (χ3v) is 0.992. The number of ether oxygens (including phenoxy) is 1. The van der Waals surface area contributed by atoms with Gasteiger partial charge in [-0.15, -0.1) is 0 Å². The van der Waals surface area contributed by atoms with Crippen LogP contribution < -0.4 is 0 Å². The predicted octanol–water partition coefficient (Wildman–Crippen LogP) is -0.226.